The van der Waals surface area contributed by atoms with Crippen LogP contribution >= 0.6 is 0 Å². The first-order chi connectivity index (χ1) is 16.7. The summed E-state index contributed by atoms with van der Waals surface area (Å²) >= 11 is 0. The molecule has 0 aliphatic heterocycles. The second-order valence-corrected chi connectivity index (χ2v) is 13.5. The zero-order chi connectivity index (χ0) is 27.1. The summed E-state index contributed by atoms with van der Waals surface area (Å²) in [5, 5.41) is 29.3. The van der Waals surface area contributed by atoms with Crippen LogP contribution in [0, 0.1) is 23.2 Å². The van der Waals surface area contributed by atoms with Gasteiger partial charge in [0, 0.05) is 0 Å². The van der Waals surface area contributed by atoms with E-state index in [1.807, 2.05) is 0 Å². The number of aliphatic hydroxyl groups is 3. The van der Waals surface area contributed by atoms with Crippen molar-refractivity contribution in [3.05, 3.63) is 35.5 Å². The molecule has 0 aromatic rings. The van der Waals surface area contributed by atoms with Crippen molar-refractivity contribution in [1.82, 2.24) is 0 Å². The maximum atomic E-state index is 10.6. The Morgan fingerprint density at radius 2 is 1.69 bits per heavy atom. The summed E-state index contributed by atoms with van der Waals surface area (Å²) in [5.41, 5.74) is 3.55. The van der Waals surface area contributed by atoms with E-state index in [4.69, 9.17) is 5.11 Å². The summed E-state index contributed by atoms with van der Waals surface area (Å²) in [6, 6.07) is 0. The van der Waals surface area contributed by atoms with Gasteiger partial charge in [-0.3, -0.25) is 0 Å². The summed E-state index contributed by atoms with van der Waals surface area (Å²) in [4.78, 5) is 0. The van der Waals surface area contributed by atoms with Crippen LogP contribution in [0.15, 0.2) is 35.5 Å². The lowest BCUT2D eigenvalue weighted by molar-refractivity contribution is 0.0178. The molecule has 3 N–H and O–H groups in total. The van der Waals surface area contributed by atoms with E-state index in [0.29, 0.717) is 5.41 Å². The van der Waals surface area contributed by atoms with Gasteiger partial charge in [0.05, 0.1) is 17.3 Å². The summed E-state index contributed by atoms with van der Waals surface area (Å²) in [5.74, 6) is 2.28. The Hall–Kier alpha value is -0.900. The molecule has 36 heavy (non-hydrogen) atoms. The second-order valence-electron chi connectivity index (χ2n) is 13.5. The quantitative estimate of drug-likeness (QED) is 0.293. The summed E-state index contributed by atoms with van der Waals surface area (Å²) in [6.07, 6.45) is 18.9. The lowest BCUT2D eigenvalue weighted by Gasteiger charge is -2.44. The summed E-state index contributed by atoms with van der Waals surface area (Å²) in [6.45, 7) is 18.5. The van der Waals surface area contributed by atoms with E-state index in [1.165, 1.54) is 44.1 Å². The molecular weight excluding hydrogens is 444 g/mol. The van der Waals surface area contributed by atoms with Gasteiger partial charge in [-0.05, 0) is 120 Å². The predicted molar refractivity (Wildman–Crippen MR) is 154 cm³/mol. The molecule has 3 aliphatic rings. The van der Waals surface area contributed by atoms with Crippen LogP contribution in [0.3, 0.4) is 0 Å². The van der Waals surface area contributed by atoms with Crippen molar-refractivity contribution < 1.29 is 15.3 Å². The SMILES string of the molecule is C=C1CC/C(=C/C=C2\CCCC3(C)C2CCC3C(C)CCCC(O)(CC)CC)CC1O.CC(C)(C)O. The van der Waals surface area contributed by atoms with E-state index < -0.39 is 11.2 Å². The molecule has 0 spiro atoms. The first kappa shape index (κ1) is 31.3. The molecule has 0 bridgehead atoms. The van der Waals surface area contributed by atoms with E-state index in [1.54, 1.807) is 26.3 Å². The van der Waals surface area contributed by atoms with Crippen LogP contribution in [0.5, 0.6) is 0 Å². The number of hydrogen-bond donors (Lipinski definition) is 3. The topological polar surface area (TPSA) is 60.7 Å². The van der Waals surface area contributed by atoms with Crippen molar-refractivity contribution in [3.63, 3.8) is 0 Å². The molecule has 0 saturated heterocycles. The largest absolute Gasteiger partial charge is 0.391 e. The van der Waals surface area contributed by atoms with Gasteiger partial charge in [-0.1, -0.05) is 70.4 Å². The van der Waals surface area contributed by atoms with Crippen molar-refractivity contribution in [3.8, 4) is 0 Å². The van der Waals surface area contributed by atoms with Gasteiger partial charge in [0.2, 0.25) is 0 Å². The molecule has 208 valence electrons. The summed E-state index contributed by atoms with van der Waals surface area (Å²) < 4.78 is 0. The van der Waals surface area contributed by atoms with Crippen LogP contribution in [0.25, 0.3) is 0 Å². The average Bonchev–Trinajstić information content (AvgIpc) is 3.16. The molecule has 0 radical (unpaired) electrons. The third-order valence-electron chi connectivity index (χ3n) is 9.57. The highest BCUT2D eigenvalue weighted by Gasteiger charge is 2.50. The minimum Gasteiger partial charge on any atom is -0.391 e. The normalized spacial score (nSPS) is 32.3. The highest BCUT2D eigenvalue weighted by molar-refractivity contribution is 5.28. The molecule has 3 fully saturated rings. The molecule has 3 aliphatic carbocycles. The van der Waals surface area contributed by atoms with Crippen LogP contribution in [0.1, 0.15) is 132 Å². The molecule has 0 aromatic carbocycles. The zero-order valence-electron chi connectivity index (χ0n) is 24.7. The molecule has 5 unspecified atom stereocenters. The van der Waals surface area contributed by atoms with Crippen molar-refractivity contribution in [2.24, 2.45) is 23.2 Å². The molecule has 0 amide bonds. The van der Waals surface area contributed by atoms with Crippen molar-refractivity contribution >= 4 is 0 Å². The Balaban J connectivity index is 0.000000830. The molecule has 0 aromatic heterocycles. The fraction of sp³-hybridized carbons (Fsp3) is 0.818. The van der Waals surface area contributed by atoms with Gasteiger partial charge in [0.25, 0.3) is 0 Å². The predicted octanol–water partition coefficient (Wildman–Crippen LogP) is 8.29. The Bertz CT molecular complexity index is 760. The highest BCUT2D eigenvalue weighted by atomic mass is 16.3. The Morgan fingerprint density at radius 3 is 2.28 bits per heavy atom. The van der Waals surface area contributed by atoms with Gasteiger partial charge in [0.1, 0.15) is 0 Å². The van der Waals surface area contributed by atoms with E-state index in [-0.39, 0.29) is 6.10 Å². The lowest BCUT2D eigenvalue weighted by atomic mass is 9.60. The number of allylic oxidation sites excluding steroid dienone is 3. The average molecular weight is 503 g/mol. The van der Waals surface area contributed by atoms with Gasteiger partial charge in [0.15, 0.2) is 0 Å². The first-order valence-electron chi connectivity index (χ1n) is 14.9. The van der Waals surface area contributed by atoms with Gasteiger partial charge < -0.3 is 15.3 Å². The van der Waals surface area contributed by atoms with Gasteiger partial charge in [-0.15, -0.1) is 0 Å². The minimum absolute atomic E-state index is 0.343. The number of hydrogen-bond acceptors (Lipinski definition) is 3. The molecule has 5 atom stereocenters. The van der Waals surface area contributed by atoms with Crippen LogP contribution in [0.2, 0.25) is 0 Å². The third-order valence-corrected chi connectivity index (χ3v) is 9.57. The summed E-state index contributed by atoms with van der Waals surface area (Å²) in [7, 11) is 0. The van der Waals surface area contributed by atoms with E-state index in [9.17, 15) is 10.2 Å². The monoisotopic (exact) mass is 502 g/mol. The first-order valence-corrected chi connectivity index (χ1v) is 14.9. The maximum absolute atomic E-state index is 10.6. The Morgan fingerprint density at radius 1 is 1.06 bits per heavy atom. The Kier molecular flexibility index (Phi) is 11.5. The standard InChI is InChI=1S/C29H48O2.C4H10O/c1-6-29(31,7-2)19-8-10-21(3)25-16-17-26-24(11-9-18-28(25,26)5)15-14-23-13-12-22(4)27(30)20-23;1-4(2,3)5/h14-15,21,25-27,30-31H,4,6-13,16-20H2,1-3,5H3;5H,1-3H3/b23-14-,24-15+;. The number of rotatable bonds is 8. The van der Waals surface area contributed by atoms with Gasteiger partial charge in [-0.25, -0.2) is 0 Å². The fourth-order valence-electron chi connectivity index (χ4n) is 7.13. The smallest absolute Gasteiger partial charge is 0.0784 e. The highest BCUT2D eigenvalue weighted by Crippen LogP contribution is 2.60. The minimum atomic E-state index is -0.500. The Labute approximate surface area is 223 Å². The van der Waals surface area contributed by atoms with Crippen LogP contribution in [-0.4, -0.2) is 32.6 Å². The molecule has 0 heterocycles. The molecular formula is C33H58O3. The van der Waals surface area contributed by atoms with E-state index in [0.717, 1.165) is 68.3 Å². The molecule has 3 heteroatoms. The van der Waals surface area contributed by atoms with Crippen molar-refractivity contribution in [2.45, 2.75) is 149 Å². The van der Waals surface area contributed by atoms with Gasteiger partial charge >= 0.3 is 0 Å². The molecule has 3 rings (SSSR count). The van der Waals surface area contributed by atoms with Crippen molar-refractivity contribution in [1.29, 1.82) is 0 Å². The van der Waals surface area contributed by atoms with Gasteiger partial charge in [-0.2, -0.15) is 0 Å². The molecule has 3 nitrogen and oxygen atoms in total. The van der Waals surface area contributed by atoms with Crippen LogP contribution < -0.4 is 0 Å². The fourth-order valence-corrected chi connectivity index (χ4v) is 7.13. The molecule has 3 saturated carbocycles. The third kappa shape index (κ3) is 8.84. The van der Waals surface area contributed by atoms with Crippen LogP contribution in [-0.2, 0) is 0 Å². The zero-order valence-corrected chi connectivity index (χ0v) is 24.7. The lowest BCUT2D eigenvalue weighted by Crippen LogP contribution is -2.36. The van der Waals surface area contributed by atoms with Crippen molar-refractivity contribution in [2.75, 3.05) is 0 Å². The van der Waals surface area contributed by atoms with E-state index >= 15 is 0 Å². The van der Waals surface area contributed by atoms with Crippen LogP contribution in [0.4, 0.5) is 0 Å². The second kappa shape index (κ2) is 13.3. The van der Waals surface area contributed by atoms with E-state index in [2.05, 4.69) is 46.4 Å². The maximum Gasteiger partial charge on any atom is 0.0784 e. The number of aliphatic hydroxyl groups excluding tert-OH is 1. The number of fused-ring (bicyclic) bond motifs is 1.